The molecule has 0 aliphatic rings. The van der Waals surface area contributed by atoms with E-state index in [9.17, 15) is 9.59 Å². The molecule has 4 heteroatoms. The number of hydrogen-bond donors (Lipinski definition) is 1. The first-order chi connectivity index (χ1) is 9.61. The Bertz CT molecular complexity index is 662. The second-order valence-electron chi connectivity index (χ2n) is 4.08. The zero-order valence-electron chi connectivity index (χ0n) is 10.6. The molecular formula is C16H12ClNO2. The molecule has 0 bridgehead atoms. The van der Waals surface area contributed by atoms with Gasteiger partial charge >= 0.3 is 0 Å². The number of rotatable bonds is 4. The summed E-state index contributed by atoms with van der Waals surface area (Å²) in [7, 11) is 0. The highest BCUT2D eigenvalue weighted by Gasteiger charge is 2.12. The van der Waals surface area contributed by atoms with E-state index in [1.807, 2.05) is 0 Å². The summed E-state index contributed by atoms with van der Waals surface area (Å²) in [6, 6.07) is 13.5. The monoisotopic (exact) mass is 285 g/mol. The van der Waals surface area contributed by atoms with Crippen molar-refractivity contribution in [1.82, 2.24) is 0 Å². The fourth-order valence-electron chi connectivity index (χ4n) is 1.70. The van der Waals surface area contributed by atoms with Gasteiger partial charge < -0.3 is 5.32 Å². The summed E-state index contributed by atoms with van der Waals surface area (Å²) in [5, 5.41) is 3.03. The number of nitrogens with one attached hydrogen (secondary N) is 1. The minimum absolute atomic E-state index is 0.155. The molecule has 0 heterocycles. The molecule has 20 heavy (non-hydrogen) atoms. The Morgan fingerprint density at radius 3 is 2.30 bits per heavy atom. The molecule has 0 saturated heterocycles. The lowest BCUT2D eigenvalue weighted by atomic mass is 10.0. The lowest BCUT2D eigenvalue weighted by Crippen LogP contribution is -2.08. The summed E-state index contributed by atoms with van der Waals surface area (Å²) in [5.41, 5.74) is 1.57. The molecule has 3 nitrogen and oxygen atoms in total. The van der Waals surface area contributed by atoms with E-state index in [1.54, 1.807) is 48.5 Å². The molecule has 0 saturated carbocycles. The summed E-state index contributed by atoms with van der Waals surface area (Å²) in [5.74, 6) is -0.452. The molecule has 0 fully saturated rings. The summed E-state index contributed by atoms with van der Waals surface area (Å²) in [6.07, 6.45) is 1.18. The van der Waals surface area contributed by atoms with Crippen molar-refractivity contribution in [2.75, 3.05) is 5.32 Å². The lowest BCUT2D eigenvalue weighted by molar-refractivity contribution is -0.111. The molecule has 2 aromatic rings. The van der Waals surface area contributed by atoms with Crippen LogP contribution in [0.5, 0.6) is 0 Å². The van der Waals surface area contributed by atoms with E-state index in [-0.39, 0.29) is 11.7 Å². The maximum absolute atomic E-state index is 12.3. The summed E-state index contributed by atoms with van der Waals surface area (Å²) in [6.45, 7) is 3.37. The van der Waals surface area contributed by atoms with Crippen LogP contribution in [0, 0.1) is 0 Å². The molecule has 1 amide bonds. The van der Waals surface area contributed by atoms with Gasteiger partial charge in [0.05, 0.1) is 5.02 Å². The van der Waals surface area contributed by atoms with Crippen LogP contribution in [0.2, 0.25) is 5.02 Å². The zero-order chi connectivity index (χ0) is 14.5. The normalized spacial score (nSPS) is 9.85. The van der Waals surface area contributed by atoms with Gasteiger partial charge in [0, 0.05) is 16.8 Å². The van der Waals surface area contributed by atoms with E-state index in [0.717, 1.165) is 0 Å². The minimum atomic E-state index is -0.296. The van der Waals surface area contributed by atoms with Crippen molar-refractivity contribution in [2.24, 2.45) is 0 Å². The van der Waals surface area contributed by atoms with Gasteiger partial charge in [0.1, 0.15) is 0 Å². The van der Waals surface area contributed by atoms with E-state index in [4.69, 9.17) is 11.6 Å². The Hall–Kier alpha value is -2.39. The first kappa shape index (κ1) is 14.0. The van der Waals surface area contributed by atoms with Crippen LogP contribution in [0.15, 0.2) is 61.2 Å². The van der Waals surface area contributed by atoms with E-state index in [1.165, 1.54) is 6.08 Å². The second kappa shape index (κ2) is 6.17. The van der Waals surface area contributed by atoms with Crippen molar-refractivity contribution >= 4 is 29.0 Å². The van der Waals surface area contributed by atoms with E-state index >= 15 is 0 Å². The van der Waals surface area contributed by atoms with Crippen molar-refractivity contribution in [3.63, 3.8) is 0 Å². The van der Waals surface area contributed by atoms with Crippen molar-refractivity contribution in [3.05, 3.63) is 77.3 Å². The van der Waals surface area contributed by atoms with Gasteiger partial charge in [-0.1, -0.05) is 30.3 Å². The topological polar surface area (TPSA) is 46.2 Å². The van der Waals surface area contributed by atoms with Crippen LogP contribution in [0.3, 0.4) is 0 Å². The highest BCUT2D eigenvalue weighted by molar-refractivity contribution is 6.35. The summed E-state index contributed by atoms with van der Waals surface area (Å²) in [4.78, 5) is 23.4. The highest BCUT2D eigenvalue weighted by atomic mass is 35.5. The Kier molecular flexibility index (Phi) is 4.33. The van der Waals surface area contributed by atoms with E-state index < -0.39 is 0 Å². The van der Waals surface area contributed by atoms with Gasteiger partial charge in [-0.2, -0.15) is 0 Å². The highest BCUT2D eigenvalue weighted by Crippen LogP contribution is 2.20. The van der Waals surface area contributed by atoms with Crippen LogP contribution < -0.4 is 5.32 Å². The van der Waals surface area contributed by atoms with Gasteiger partial charge in [-0.25, -0.2) is 0 Å². The molecule has 0 spiro atoms. The van der Waals surface area contributed by atoms with Crippen LogP contribution in [-0.4, -0.2) is 11.7 Å². The zero-order valence-corrected chi connectivity index (χ0v) is 11.4. The largest absolute Gasteiger partial charge is 0.323 e. The molecule has 0 unspecified atom stereocenters. The second-order valence-corrected chi connectivity index (χ2v) is 4.49. The van der Waals surface area contributed by atoms with Gasteiger partial charge in [0.25, 0.3) is 0 Å². The molecular weight excluding hydrogens is 274 g/mol. The van der Waals surface area contributed by atoms with Gasteiger partial charge in [-0.05, 0) is 42.5 Å². The number of anilines is 1. The number of benzene rings is 2. The van der Waals surface area contributed by atoms with E-state index in [0.29, 0.717) is 21.8 Å². The van der Waals surface area contributed by atoms with Crippen LogP contribution in [0.1, 0.15) is 15.9 Å². The Labute approximate surface area is 121 Å². The number of ketones is 1. The van der Waals surface area contributed by atoms with Crippen molar-refractivity contribution in [3.8, 4) is 0 Å². The van der Waals surface area contributed by atoms with Crippen molar-refractivity contribution in [2.45, 2.75) is 0 Å². The first-order valence-electron chi connectivity index (χ1n) is 5.94. The Balaban J connectivity index is 2.22. The predicted octanol–water partition coefficient (Wildman–Crippen LogP) is 3.70. The van der Waals surface area contributed by atoms with Crippen LogP contribution >= 0.6 is 11.6 Å². The van der Waals surface area contributed by atoms with Crippen LogP contribution in [-0.2, 0) is 4.79 Å². The molecule has 0 aliphatic heterocycles. The minimum Gasteiger partial charge on any atom is -0.323 e. The fourth-order valence-corrected chi connectivity index (χ4v) is 1.92. The third kappa shape index (κ3) is 3.13. The average molecular weight is 286 g/mol. The number of halogens is 1. The number of amides is 1. The smallest absolute Gasteiger partial charge is 0.247 e. The summed E-state index contributed by atoms with van der Waals surface area (Å²) >= 11 is 6.00. The van der Waals surface area contributed by atoms with Gasteiger partial charge in [0.2, 0.25) is 5.91 Å². The molecule has 2 aromatic carbocycles. The summed E-state index contributed by atoms with van der Waals surface area (Å²) < 4.78 is 0. The molecule has 0 aliphatic carbocycles. The quantitative estimate of drug-likeness (QED) is 0.688. The van der Waals surface area contributed by atoms with Crippen molar-refractivity contribution in [1.29, 1.82) is 0 Å². The number of carbonyl (C=O) groups excluding carboxylic acids is 2. The average Bonchev–Trinajstić information content (AvgIpc) is 2.47. The predicted molar refractivity (Wildman–Crippen MR) is 80.2 cm³/mol. The maximum Gasteiger partial charge on any atom is 0.247 e. The Morgan fingerprint density at radius 2 is 1.70 bits per heavy atom. The molecule has 2 rings (SSSR count). The third-order valence-electron chi connectivity index (χ3n) is 2.72. The van der Waals surface area contributed by atoms with E-state index in [2.05, 4.69) is 11.9 Å². The lowest BCUT2D eigenvalue weighted by Gasteiger charge is -2.05. The molecule has 1 N–H and O–H groups in total. The third-order valence-corrected chi connectivity index (χ3v) is 3.05. The maximum atomic E-state index is 12.3. The fraction of sp³-hybridized carbons (Fsp3) is 0. The Morgan fingerprint density at radius 1 is 1.05 bits per heavy atom. The van der Waals surface area contributed by atoms with Crippen LogP contribution in [0.25, 0.3) is 0 Å². The number of carbonyl (C=O) groups is 2. The van der Waals surface area contributed by atoms with Gasteiger partial charge in [-0.3, -0.25) is 9.59 Å². The molecule has 0 aromatic heterocycles. The molecule has 0 radical (unpaired) electrons. The standard InChI is InChI=1S/C16H12ClNO2/c1-2-15(19)18-12-9-7-11(8-10-12)16(20)13-5-3-4-6-14(13)17/h2-10H,1H2,(H,18,19). The van der Waals surface area contributed by atoms with Crippen molar-refractivity contribution < 1.29 is 9.59 Å². The SMILES string of the molecule is C=CC(=O)Nc1ccc(C(=O)c2ccccc2Cl)cc1. The molecule has 0 atom stereocenters. The number of hydrogen-bond acceptors (Lipinski definition) is 2. The van der Waals surface area contributed by atoms with Crippen LogP contribution in [0.4, 0.5) is 5.69 Å². The molecule has 100 valence electrons. The van der Waals surface area contributed by atoms with Gasteiger partial charge in [-0.15, -0.1) is 0 Å². The van der Waals surface area contributed by atoms with Gasteiger partial charge in [0.15, 0.2) is 5.78 Å². The first-order valence-corrected chi connectivity index (χ1v) is 6.32.